The van der Waals surface area contributed by atoms with Crippen molar-refractivity contribution >= 4 is 10.9 Å². The molecule has 0 aliphatic rings. The molecule has 4 nitrogen and oxygen atoms in total. The molecular formula is C14H17NO3. The molecule has 0 fully saturated rings. The Bertz CT molecular complexity index is 542. The van der Waals surface area contributed by atoms with Crippen molar-refractivity contribution in [1.29, 1.82) is 0 Å². The van der Waals surface area contributed by atoms with Gasteiger partial charge in [-0.25, -0.2) is 0 Å². The van der Waals surface area contributed by atoms with Crippen LogP contribution in [-0.2, 0) is 6.42 Å². The molecule has 0 amide bonds. The molecular weight excluding hydrogens is 230 g/mol. The van der Waals surface area contributed by atoms with Crippen LogP contribution in [0, 0.1) is 0 Å². The zero-order valence-corrected chi connectivity index (χ0v) is 10.2. The zero-order chi connectivity index (χ0) is 13.1. The highest BCUT2D eigenvalue weighted by Gasteiger charge is 2.20. The summed E-state index contributed by atoms with van der Waals surface area (Å²) in [5.74, 6) is 0. The molecule has 2 aromatic rings. The van der Waals surface area contributed by atoms with Gasteiger partial charge in [-0.2, -0.15) is 0 Å². The van der Waals surface area contributed by atoms with E-state index in [-0.39, 0.29) is 0 Å². The van der Waals surface area contributed by atoms with Crippen LogP contribution in [0.4, 0.5) is 0 Å². The lowest BCUT2D eigenvalue weighted by Gasteiger charge is -2.17. The second kappa shape index (κ2) is 5.44. The fourth-order valence-corrected chi connectivity index (χ4v) is 1.95. The summed E-state index contributed by atoms with van der Waals surface area (Å²) in [5.41, 5.74) is 2.15. The van der Waals surface area contributed by atoms with Crippen LogP contribution in [0.5, 0.6) is 0 Å². The standard InChI is InChI=1S/C14H17NO3/c1-2-10-7-6-9-4-3-5-11(13(9)15-10)14(18)12(17)8-16/h3-7,12,14,16-18H,2,8H2,1H3/t12-,14-/m0/s1. The van der Waals surface area contributed by atoms with E-state index in [2.05, 4.69) is 4.98 Å². The Morgan fingerprint density at radius 2 is 1.94 bits per heavy atom. The first-order valence-electron chi connectivity index (χ1n) is 6.03. The summed E-state index contributed by atoms with van der Waals surface area (Å²) >= 11 is 0. The van der Waals surface area contributed by atoms with E-state index < -0.39 is 18.8 Å². The molecule has 0 spiro atoms. The van der Waals surface area contributed by atoms with Crippen molar-refractivity contribution < 1.29 is 15.3 Å². The van der Waals surface area contributed by atoms with Crippen LogP contribution in [0.15, 0.2) is 30.3 Å². The lowest BCUT2D eigenvalue weighted by molar-refractivity contribution is -0.0146. The molecule has 0 aliphatic carbocycles. The maximum Gasteiger partial charge on any atom is 0.109 e. The van der Waals surface area contributed by atoms with E-state index in [0.29, 0.717) is 11.1 Å². The van der Waals surface area contributed by atoms with Gasteiger partial charge in [-0.1, -0.05) is 31.2 Å². The highest BCUT2D eigenvalue weighted by molar-refractivity contribution is 5.82. The molecule has 1 aromatic carbocycles. The predicted octanol–water partition coefficient (Wildman–Crippen LogP) is 1.18. The van der Waals surface area contributed by atoms with Crippen LogP contribution in [0.2, 0.25) is 0 Å². The van der Waals surface area contributed by atoms with E-state index in [0.717, 1.165) is 17.5 Å². The van der Waals surface area contributed by atoms with Gasteiger partial charge >= 0.3 is 0 Å². The Balaban J connectivity index is 2.55. The molecule has 2 rings (SSSR count). The van der Waals surface area contributed by atoms with Crippen LogP contribution in [0.3, 0.4) is 0 Å². The highest BCUT2D eigenvalue weighted by atomic mass is 16.4. The van der Waals surface area contributed by atoms with Gasteiger partial charge in [0.2, 0.25) is 0 Å². The Labute approximate surface area is 106 Å². The third kappa shape index (κ3) is 2.36. The molecule has 0 bridgehead atoms. The summed E-state index contributed by atoms with van der Waals surface area (Å²) < 4.78 is 0. The van der Waals surface area contributed by atoms with E-state index in [1.165, 1.54) is 0 Å². The predicted molar refractivity (Wildman–Crippen MR) is 69.2 cm³/mol. The molecule has 0 aliphatic heterocycles. The fraction of sp³-hybridized carbons (Fsp3) is 0.357. The summed E-state index contributed by atoms with van der Waals surface area (Å²) in [6.45, 7) is 1.53. The highest BCUT2D eigenvalue weighted by Crippen LogP contribution is 2.25. The van der Waals surface area contributed by atoms with E-state index >= 15 is 0 Å². The van der Waals surface area contributed by atoms with Gasteiger partial charge in [0, 0.05) is 16.6 Å². The Morgan fingerprint density at radius 3 is 2.61 bits per heavy atom. The summed E-state index contributed by atoms with van der Waals surface area (Å²) in [7, 11) is 0. The number of nitrogens with zero attached hydrogens (tertiary/aromatic N) is 1. The van der Waals surface area contributed by atoms with Crippen molar-refractivity contribution in [2.24, 2.45) is 0 Å². The third-order valence-corrected chi connectivity index (χ3v) is 3.04. The molecule has 3 N–H and O–H groups in total. The van der Waals surface area contributed by atoms with Crippen molar-refractivity contribution in [2.75, 3.05) is 6.61 Å². The normalized spacial score (nSPS) is 14.7. The average molecular weight is 247 g/mol. The summed E-state index contributed by atoms with van der Waals surface area (Å²) in [6, 6.07) is 9.32. The average Bonchev–Trinajstić information content (AvgIpc) is 2.44. The van der Waals surface area contributed by atoms with Gasteiger partial charge in [-0.3, -0.25) is 4.98 Å². The summed E-state index contributed by atoms with van der Waals surface area (Å²) in [4.78, 5) is 4.48. The number of benzene rings is 1. The Kier molecular flexibility index (Phi) is 3.91. The quantitative estimate of drug-likeness (QED) is 0.758. The minimum atomic E-state index is -1.19. The van der Waals surface area contributed by atoms with Gasteiger partial charge in [0.05, 0.1) is 12.1 Å². The molecule has 0 unspecified atom stereocenters. The van der Waals surface area contributed by atoms with Gasteiger partial charge in [0.15, 0.2) is 0 Å². The van der Waals surface area contributed by atoms with Gasteiger partial charge in [0.25, 0.3) is 0 Å². The first-order valence-corrected chi connectivity index (χ1v) is 6.03. The molecule has 2 atom stereocenters. The third-order valence-electron chi connectivity index (χ3n) is 3.04. The molecule has 0 saturated carbocycles. The minimum absolute atomic E-state index is 0.481. The number of hydrogen-bond donors (Lipinski definition) is 3. The fourth-order valence-electron chi connectivity index (χ4n) is 1.95. The van der Waals surface area contributed by atoms with Gasteiger partial charge in [-0.05, 0) is 12.5 Å². The number of aromatic nitrogens is 1. The van der Waals surface area contributed by atoms with Gasteiger partial charge in [-0.15, -0.1) is 0 Å². The maximum absolute atomic E-state index is 10.0. The molecule has 1 aromatic heterocycles. The first-order chi connectivity index (χ1) is 8.67. The molecule has 18 heavy (non-hydrogen) atoms. The minimum Gasteiger partial charge on any atom is -0.394 e. The van der Waals surface area contributed by atoms with Crippen molar-refractivity contribution in [1.82, 2.24) is 4.98 Å². The number of para-hydroxylation sites is 1. The van der Waals surface area contributed by atoms with E-state index in [4.69, 9.17) is 5.11 Å². The van der Waals surface area contributed by atoms with Crippen LogP contribution < -0.4 is 0 Å². The largest absolute Gasteiger partial charge is 0.394 e. The number of pyridine rings is 1. The van der Waals surface area contributed by atoms with Crippen LogP contribution in [0.25, 0.3) is 10.9 Å². The lowest BCUT2D eigenvalue weighted by Crippen LogP contribution is -2.22. The Morgan fingerprint density at radius 1 is 1.17 bits per heavy atom. The topological polar surface area (TPSA) is 73.6 Å². The Hall–Kier alpha value is -1.49. The van der Waals surface area contributed by atoms with E-state index in [1.807, 2.05) is 25.1 Å². The first kappa shape index (κ1) is 13.0. The van der Waals surface area contributed by atoms with Crippen molar-refractivity contribution in [3.8, 4) is 0 Å². The van der Waals surface area contributed by atoms with Crippen molar-refractivity contribution in [3.05, 3.63) is 41.6 Å². The van der Waals surface area contributed by atoms with E-state index in [9.17, 15) is 10.2 Å². The molecule has 1 heterocycles. The number of aryl methyl sites for hydroxylation is 1. The van der Waals surface area contributed by atoms with Crippen LogP contribution >= 0.6 is 0 Å². The molecule has 0 saturated heterocycles. The van der Waals surface area contributed by atoms with Crippen LogP contribution in [-0.4, -0.2) is 33.0 Å². The summed E-state index contributed by atoms with van der Waals surface area (Å²) in [6.07, 6.45) is -1.51. The van der Waals surface area contributed by atoms with E-state index in [1.54, 1.807) is 12.1 Å². The summed E-state index contributed by atoms with van der Waals surface area (Å²) in [5, 5.41) is 29.4. The maximum atomic E-state index is 10.0. The number of rotatable bonds is 4. The lowest BCUT2D eigenvalue weighted by atomic mass is 10.0. The second-order valence-corrected chi connectivity index (χ2v) is 4.27. The zero-order valence-electron chi connectivity index (χ0n) is 10.2. The van der Waals surface area contributed by atoms with Crippen molar-refractivity contribution in [3.63, 3.8) is 0 Å². The second-order valence-electron chi connectivity index (χ2n) is 4.27. The molecule has 0 radical (unpaired) electrons. The van der Waals surface area contributed by atoms with Gasteiger partial charge in [0.1, 0.15) is 12.2 Å². The smallest absolute Gasteiger partial charge is 0.109 e. The number of hydrogen-bond acceptors (Lipinski definition) is 4. The van der Waals surface area contributed by atoms with Gasteiger partial charge < -0.3 is 15.3 Å². The number of aliphatic hydroxyl groups is 3. The number of aliphatic hydroxyl groups excluding tert-OH is 3. The number of fused-ring (bicyclic) bond motifs is 1. The monoisotopic (exact) mass is 247 g/mol. The molecule has 4 heteroatoms. The SMILES string of the molecule is CCc1ccc2cccc([C@H](O)[C@@H](O)CO)c2n1. The molecule has 96 valence electrons. The van der Waals surface area contributed by atoms with Crippen LogP contribution in [0.1, 0.15) is 24.3 Å². The van der Waals surface area contributed by atoms with Crippen molar-refractivity contribution in [2.45, 2.75) is 25.6 Å².